The first kappa shape index (κ1) is 21.3. The smallest absolute Gasteiger partial charge is 0.263 e. The number of carbonyl (C=O) groups is 1. The van der Waals surface area contributed by atoms with Crippen molar-refractivity contribution in [1.29, 1.82) is 0 Å². The van der Waals surface area contributed by atoms with E-state index >= 15 is 0 Å². The fourth-order valence-corrected chi connectivity index (χ4v) is 4.26. The number of sulfonamides is 1. The van der Waals surface area contributed by atoms with Gasteiger partial charge in [-0.2, -0.15) is 0 Å². The molecule has 29 heavy (non-hydrogen) atoms. The quantitative estimate of drug-likeness (QED) is 0.672. The van der Waals surface area contributed by atoms with Gasteiger partial charge in [0.1, 0.15) is 11.5 Å². The lowest BCUT2D eigenvalue weighted by Crippen LogP contribution is -2.50. The molecular weight excluding hydrogens is 416 g/mol. The Kier molecular flexibility index (Phi) is 6.54. The summed E-state index contributed by atoms with van der Waals surface area (Å²) in [6.07, 6.45) is 1.60. The lowest BCUT2D eigenvalue weighted by molar-refractivity contribution is -0.127. The molecule has 0 unspecified atom stereocenters. The molecule has 0 radical (unpaired) electrons. The van der Waals surface area contributed by atoms with Crippen molar-refractivity contribution in [2.24, 2.45) is 0 Å². The van der Waals surface area contributed by atoms with Gasteiger partial charge in [-0.3, -0.25) is 9.10 Å². The van der Waals surface area contributed by atoms with Crippen molar-refractivity contribution in [2.75, 3.05) is 30.8 Å². The fraction of sp³-hybridized carbons (Fsp3) is 0.350. The predicted octanol–water partition coefficient (Wildman–Crippen LogP) is 2.62. The molecular formula is C20H23ClN2O5S. The highest BCUT2D eigenvalue weighted by Crippen LogP contribution is 2.37. The third kappa shape index (κ3) is 5.13. The van der Waals surface area contributed by atoms with E-state index in [1.165, 1.54) is 6.07 Å². The zero-order valence-electron chi connectivity index (χ0n) is 16.2. The number of ether oxygens (including phenoxy) is 2. The van der Waals surface area contributed by atoms with Crippen LogP contribution >= 0.6 is 11.6 Å². The average molecular weight is 439 g/mol. The number of fused-ring (bicyclic) bond motifs is 1. The van der Waals surface area contributed by atoms with Crippen LogP contribution in [0.25, 0.3) is 0 Å². The molecule has 0 aromatic heterocycles. The molecule has 0 fully saturated rings. The Bertz CT molecular complexity index is 996. The first-order valence-corrected chi connectivity index (χ1v) is 11.4. The first-order valence-electron chi connectivity index (χ1n) is 9.13. The Morgan fingerprint density at radius 3 is 2.79 bits per heavy atom. The summed E-state index contributed by atoms with van der Waals surface area (Å²) in [4.78, 5) is 12.6. The lowest BCUT2D eigenvalue weighted by atomic mass is 10.1. The third-order valence-electron chi connectivity index (χ3n) is 4.60. The Morgan fingerprint density at radius 1 is 1.31 bits per heavy atom. The zero-order valence-corrected chi connectivity index (χ0v) is 17.8. The maximum atomic E-state index is 12.6. The van der Waals surface area contributed by atoms with Crippen molar-refractivity contribution in [2.45, 2.75) is 18.9 Å². The van der Waals surface area contributed by atoms with E-state index < -0.39 is 16.1 Å². The molecule has 1 heterocycles. The molecule has 0 bridgehead atoms. The van der Waals surface area contributed by atoms with E-state index in [9.17, 15) is 13.2 Å². The summed E-state index contributed by atoms with van der Waals surface area (Å²) in [5, 5.41) is 3.21. The molecule has 2 aromatic rings. The molecule has 1 N–H and O–H groups in total. The Hall–Kier alpha value is -2.45. The highest BCUT2D eigenvalue weighted by atomic mass is 35.5. The van der Waals surface area contributed by atoms with Crippen LogP contribution in [0.2, 0.25) is 5.02 Å². The highest BCUT2D eigenvalue weighted by Gasteiger charge is 2.35. The maximum absolute atomic E-state index is 12.6. The van der Waals surface area contributed by atoms with E-state index in [-0.39, 0.29) is 12.5 Å². The van der Waals surface area contributed by atoms with E-state index in [4.69, 9.17) is 21.1 Å². The number of methoxy groups -OCH3 is 1. The van der Waals surface area contributed by atoms with E-state index in [0.29, 0.717) is 29.4 Å². The van der Waals surface area contributed by atoms with Gasteiger partial charge < -0.3 is 14.8 Å². The molecule has 156 valence electrons. The SMILES string of the molecule is COc1ccccc1CCCNC(=O)[C@@H]1CN(S(C)(=O)=O)c2cc(Cl)ccc2O1. The van der Waals surface area contributed by atoms with Crippen molar-refractivity contribution >= 4 is 33.2 Å². The van der Waals surface area contributed by atoms with Gasteiger partial charge >= 0.3 is 0 Å². The first-order chi connectivity index (χ1) is 13.8. The minimum atomic E-state index is -3.59. The minimum Gasteiger partial charge on any atom is -0.496 e. The Morgan fingerprint density at radius 2 is 2.07 bits per heavy atom. The molecule has 0 spiro atoms. The summed E-state index contributed by atoms with van der Waals surface area (Å²) < 4.78 is 36.6. The van der Waals surface area contributed by atoms with Crippen LogP contribution in [0.1, 0.15) is 12.0 Å². The molecule has 0 saturated carbocycles. The van der Waals surface area contributed by atoms with Gasteiger partial charge in [0.15, 0.2) is 6.10 Å². The van der Waals surface area contributed by atoms with Crippen molar-refractivity contribution < 1.29 is 22.7 Å². The summed E-state index contributed by atoms with van der Waals surface area (Å²) >= 11 is 5.98. The molecule has 0 aliphatic carbocycles. The van der Waals surface area contributed by atoms with E-state index in [2.05, 4.69) is 5.32 Å². The number of halogens is 1. The van der Waals surface area contributed by atoms with Crippen LogP contribution in [0.4, 0.5) is 5.69 Å². The second kappa shape index (κ2) is 8.92. The largest absolute Gasteiger partial charge is 0.496 e. The minimum absolute atomic E-state index is 0.107. The molecule has 1 atom stereocenters. The molecule has 9 heteroatoms. The Balaban J connectivity index is 1.62. The Labute approximate surface area is 175 Å². The van der Waals surface area contributed by atoms with Crippen LogP contribution in [-0.4, -0.2) is 46.9 Å². The van der Waals surface area contributed by atoms with Gasteiger partial charge in [0, 0.05) is 11.6 Å². The number of anilines is 1. The number of rotatable bonds is 7. The number of hydrogen-bond donors (Lipinski definition) is 1. The summed E-state index contributed by atoms with van der Waals surface area (Å²) in [5.41, 5.74) is 1.40. The van der Waals surface area contributed by atoms with Gasteiger partial charge in [0.25, 0.3) is 5.91 Å². The molecule has 7 nitrogen and oxygen atoms in total. The normalized spacial score (nSPS) is 16.0. The van der Waals surface area contributed by atoms with Gasteiger partial charge in [0.2, 0.25) is 10.0 Å². The van der Waals surface area contributed by atoms with Gasteiger partial charge in [-0.1, -0.05) is 29.8 Å². The monoisotopic (exact) mass is 438 g/mol. The van der Waals surface area contributed by atoms with E-state index in [0.717, 1.165) is 28.3 Å². The lowest BCUT2D eigenvalue weighted by Gasteiger charge is -2.34. The number of carbonyl (C=O) groups excluding carboxylic acids is 1. The number of amides is 1. The molecule has 3 rings (SSSR count). The second-order valence-electron chi connectivity index (χ2n) is 6.72. The van der Waals surface area contributed by atoms with Crippen LogP contribution in [0.5, 0.6) is 11.5 Å². The van der Waals surface area contributed by atoms with E-state index in [1.807, 2.05) is 24.3 Å². The van der Waals surface area contributed by atoms with Crippen molar-refractivity contribution in [3.05, 3.63) is 53.1 Å². The summed E-state index contributed by atoms with van der Waals surface area (Å²) in [5.74, 6) is 0.757. The molecule has 1 aliphatic heterocycles. The van der Waals surface area contributed by atoms with Gasteiger partial charge in [-0.05, 0) is 42.7 Å². The number of para-hydroxylation sites is 1. The maximum Gasteiger partial charge on any atom is 0.263 e. The predicted molar refractivity (Wildman–Crippen MR) is 112 cm³/mol. The zero-order chi connectivity index (χ0) is 21.0. The van der Waals surface area contributed by atoms with Crippen molar-refractivity contribution in [1.82, 2.24) is 5.32 Å². The highest BCUT2D eigenvalue weighted by molar-refractivity contribution is 7.92. The fourth-order valence-electron chi connectivity index (χ4n) is 3.19. The van der Waals surface area contributed by atoms with Gasteiger partial charge in [-0.15, -0.1) is 0 Å². The summed E-state index contributed by atoms with van der Waals surface area (Å²) in [6.45, 7) is 0.327. The average Bonchev–Trinajstić information content (AvgIpc) is 2.69. The molecule has 1 aliphatic rings. The summed E-state index contributed by atoms with van der Waals surface area (Å²) in [6, 6.07) is 12.4. The van der Waals surface area contributed by atoms with Crippen LogP contribution in [0.15, 0.2) is 42.5 Å². The molecule has 1 amide bonds. The second-order valence-corrected chi connectivity index (χ2v) is 9.06. The topological polar surface area (TPSA) is 84.9 Å². The summed E-state index contributed by atoms with van der Waals surface area (Å²) in [7, 11) is -1.97. The molecule has 0 saturated heterocycles. The number of hydrogen-bond acceptors (Lipinski definition) is 5. The number of benzene rings is 2. The number of nitrogens with one attached hydrogen (secondary N) is 1. The third-order valence-corrected chi connectivity index (χ3v) is 5.98. The van der Waals surface area contributed by atoms with Crippen LogP contribution in [0.3, 0.4) is 0 Å². The van der Waals surface area contributed by atoms with Crippen LogP contribution in [-0.2, 0) is 21.2 Å². The molecule has 2 aromatic carbocycles. The van der Waals surface area contributed by atoms with Crippen LogP contribution in [0, 0.1) is 0 Å². The van der Waals surface area contributed by atoms with Gasteiger partial charge in [0.05, 0.1) is 25.6 Å². The van der Waals surface area contributed by atoms with Crippen LogP contribution < -0.4 is 19.1 Å². The standard InChI is InChI=1S/C20H23ClN2O5S/c1-27-17-8-4-3-6-14(17)7-5-11-22-20(24)19-13-23(29(2,25)26)16-12-15(21)9-10-18(16)28-19/h3-4,6,8-10,12,19H,5,7,11,13H2,1-2H3,(H,22,24)/t19-/m0/s1. The van der Waals surface area contributed by atoms with E-state index in [1.54, 1.807) is 19.2 Å². The van der Waals surface area contributed by atoms with Crippen molar-refractivity contribution in [3.63, 3.8) is 0 Å². The van der Waals surface area contributed by atoms with Crippen molar-refractivity contribution in [3.8, 4) is 11.5 Å². The van der Waals surface area contributed by atoms with Gasteiger partial charge in [-0.25, -0.2) is 8.42 Å². The number of nitrogens with zero attached hydrogens (tertiary/aromatic N) is 1. The number of aryl methyl sites for hydroxylation is 1.